The molecule has 0 radical (unpaired) electrons. The number of methoxy groups -OCH3 is 1. The van der Waals surface area contributed by atoms with Crippen molar-refractivity contribution in [3.05, 3.63) is 60.2 Å². The first-order chi connectivity index (χ1) is 15.1. The zero-order chi connectivity index (χ0) is 21.8. The molecular formula is C23H27N5O3. The Kier molecular flexibility index (Phi) is 6.16. The van der Waals surface area contributed by atoms with E-state index in [2.05, 4.69) is 19.9 Å². The van der Waals surface area contributed by atoms with Crippen molar-refractivity contribution in [2.45, 2.75) is 38.3 Å². The number of piperidine rings is 1. The number of benzene rings is 1. The predicted octanol–water partition coefficient (Wildman–Crippen LogP) is 3.39. The molecule has 0 saturated carbocycles. The number of amides is 2. The van der Waals surface area contributed by atoms with Gasteiger partial charge in [0.05, 0.1) is 31.3 Å². The van der Waals surface area contributed by atoms with Crippen LogP contribution in [0.2, 0.25) is 0 Å². The van der Waals surface area contributed by atoms with Crippen LogP contribution >= 0.6 is 0 Å². The van der Waals surface area contributed by atoms with E-state index in [0.717, 1.165) is 35.3 Å². The number of fused-ring (bicyclic) bond motifs is 1. The first-order valence-corrected chi connectivity index (χ1v) is 10.5. The van der Waals surface area contributed by atoms with E-state index in [0.29, 0.717) is 19.1 Å². The van der Waals surface area contributed by atoms with Gasteiger partial charge in [0.25, 0.3) is 0 Å². The molecule has 0 bridgehead atoms. The van der Waals surface area contributed by atoms with Crippen LogP contribution in [0.5, 0.6) is 0 Å². The highest BCUT2D eigenvalue weighted by atomic mass is 16.5. The van der Waals surface area contributed by atoms with Crippen LogP contribution < -0.4 is 5.32 Å². The number of hydrogen-bond acceptors (Lipinski definition) is 5. The number of nitrogens with zero attached hydrogens (tertiary/aromatic N) is 4. The van der Waals surface area contributed by atoms with E-state index in [1.54, 1.807) is 12.4 Å². The molecule has 3 heterocycles. The number of imidazole rings is 1. The molecule has 162 valence electrons. The lowest BCUT2D eigenvalue weighted by atomic mass is 10.0. The third-order valence-electron chi connectivity index (χ3n) is 5.91. The largest absolute Gasteiger partial charge is 0.453 e. The summed E-state index contributed by atoms with van der Waals surface area (Å²) in [5, 5.41) is 2.78. The fourth-order valence-corrected chi connectivity index (χ4v) is 4.35. The summed E-state index contributed by atoms with van der Waals surface area (Å²) in [6.45, 7) is 3.36. The third-order valence-corrected chi connectivity index (χ3v) is 5.91. The van der Waals surface area contributed by atoms with Crippen molar-refractivity contribution in [1.82, 2.24) is 24.8 Å². The summed E-state index contributed by atoms with van der Waals surface area (Å²) in [5.41, 5.74) is 2.87. The Labute approximate surface area is 181 Å². The number of hydrogen-bond donors (Lipinski definition) is 1. The van der Waals surface area contributed by atoms with Crippen LogP contribution in [-0.2, 0) is 9.53 Å². The molecule has 1 unspecified atom stereocenters. The number of nitrogens with one attached hydrogen (secondary N) is 1. The monoisotopic (exact) mass is 421 g/mol. The molecule has 3 aromatic rings. The number of rotatable bonds is 5. The molecule has 31 heavy (non-hydrogen) atoms. The summed E-state index contributed by atoms with van der Waals surface area (Å²) in [6.07, 6.45) is 4.95. The van der Waals surface area contributed by atoms with Gasteiger partial charge in [-0.25, -0.2) is 9.78 Å². The molecule has 0 spiro atoms. The SMILES string of the molecule is COC(=O)NC(CC(=O)N1CCC(n2c(C)nc3cnccc32)CC1)c1ccccc1. The number of carbonyl (C=O) groups excluding carboxylic acids is 2. The van der Waals surface area contributed by atoms with Crippen molar-refractivity contribution >= 4 is 23.0 Å². The molecule has 1 aliphatic rings. The van der Waals surface area contributed by atoms with Crippen LogP contribution in [0.1, 0.15) is 42.7 Å². The molecule has 2 aromatic heterocycles. The van der Waals surface area contributed by atoms with Gasteiger partial charge in [-0.2, -0.15) is 0 Å². The summed E-state index contributed by atoms with van der Waals surface area (Å²) in [7, 11) is 1.32. The number of carbonyl (C=O) groups is 2. The van der Waals surface area contributed by atoms with Crippen LogP contribution in [-0.4, -0.2) is 51.6 Å². The van der Waals surface area contributed by atoms with E-state index in [9.17, 15) is 9.59 Å². The smallest absolute Gasteiger partial charge is 0.407 e. The maximum Gasteiger partial charge on any atom is 0.407 e. The van der Waals surface area contributed by atoms with Gasteiger partial charge in [0.1, 0.15) is 11.3 Å². The third kappa shape index (κ3) is 4.52. The lowest BCUT2D eigenvalue weighted by molar-refractivity contribution is -0.133. The van der Waals surface area contributed by atoms with Gasteiger partial charge in [-0.3, -0.25) is 9.78 Å². The minimum atomic E-state index is -0.544. The Balaban J connectivity index is 1.42. The Morgan fingerprint density at radius 2 is 1.94 bits per heavy atom. The summed E-state index contributed by atoms with van der Waals surface area (Å²) in [4.78, 5) is 35.5. The fourth-order valence-electron chi connectivity index (χ4n) is 4.35. The zero-order valence-corrected chi connectivity index (χ0v) is 17.8. The lowest BCUT2D eigenvalue weighted by Gasteiger charge is -2.34. The summed E-state index contributed by atoms with van der Waals surface area (Å²) < 4.78 is 7.01. The predicted molar refractivity (Wildman–Crippen MR) is 116 cm³/mol. The van der Waals surface area contributed by atoms with Crippen molar-refractivity contribution in [3.8, 4) is 0 Å². The summed E-state index contributed by atoms with van der Waals surface area (Å²) in [5.74, 6) is 0.999. The Hall–Kier alpha value is -3.42. The normalized spacial score (nSPS) is 15.6. The number of likely N-dealkylation sites (tertiary alicyclic amines) is 1. The Morgan fingerprint density at radius 1 is 1.19 bits per heavy atom. The van der Waals surface area contributed by atoms with Crippen molar-refractivity contribution < 1.29 is 14.3 Å². The van der Waals surface area contributed by atoms with Gasteiger partial charge < -0.3 is 19.5 Å². The van der Waals surface area contributed by atoms with Crippen LogP contribution in [0.25, 0.3) is 11.0 Å². The average molecular weight is 422 g/mol. The number of pyridine rings is 1. The minimum absolute atomic E-state index is 0.0279. The molecule has 4 rings (SSSR count). The molecular weight excluding hydrogens is 394 g/mol. The highest BCUT2D eigenvalue weighted by Crippen LogP contribution is 2.29. The molecule has 8 heteroatoms. The summed E-state index contributed by atoms with van der Waals surface area (Å²) in [6, 6.07) is 11.4. The van der Waals surface area contributed by atoms with Crippen molar-refractivity contribution in [2.24, 2.45) is 0 Å². The molecule has 0 aliphatic carbocycles. The number of ether oxygens (including phenoxy) is 1. The van der Waals surface area contributed by atoms with E-state index in [1.807, 2.05) is 48.2 Å². The minimum Gasteiger partial charge on any atom is -0.453 e. The van der Waals surface area contributed by atoms with Crippen molar-refractivity contribution in [2.75, 3.05) is 20.2 Å². The molecule has 8 nitrogen and oxygen atoms in total. The van der Waals surface area contributed by atoms with Crippen LogP contribution in [0.15, 0.2) is 48.8 Å². The second-order valence-corrected chi connectivity index (χ2v) is 7.81. The lowest BCUT2D eigenvalue weighted by Crippen LogP contribution is -2.41. The van der Waals surface area contributed by atoms with E-state index >= 15 is 0 Å². The van der Waals surface area contributed by atoms with E-state index < -0.39 is 12.1 Å². The van der Waals surface area contributed by atoms with Gasteiger partial charge in [-0.05, 0) is 31.4 Å². The quantitative estimate of drug-likeness (QED) is 0.682. The van der Waals surface area contributed by atoms with Crippen LogP contribution in [0.3, 0.4) is 0 Å². The Bertz CT molecular complexity index is 1060. The molecule has 1 aromatic carbocycles. The second-order valence-electron chi connectivity index (χ2n) is 7.81. The molecule has 1 saturated heterocycles. The first-order valence-electron chi connectivity index (χ1n) is 10.5. The highest BCUT2D eigenvalue weighted by Gasteiger charge is 2.28. The topological polar surface area (TPSA) is 89.4 Å². The molecule has 1 atom stereocenters. The van der Waals surface area contributed by atoms with Gasteiger partial charge in [-0.1, -0.05) is 30.3 Å². The number of aryl methyl sites for hydroxylation is 1. The average Bonchev–Trinajstić information content (AvgIpc) is 3.14. The molecule has 2 amide bonds. The maximum atomic E-state index is 13.0. The highest BCUT2D eigenvalue weighted by molar-refractivity contribution is 5.78. The van der Waals surface area contributed by atoms with Gasteiger partial charge in [0, 0.05) is 25.3 Å². The van der Waals surface area contributed by atoms with Gasteiger partial charge in [-0.15, -0.1) is 0 Å². The van der Waals surface area contributed by atoms with E-state index in [-0.39, 0.29) is 12.3 Å². The van der Waals surface area contributed by atoms with E-state index in [1.165, 1.54) is 7.11 Å². The van der Waals surface area contributed by atoms with Crippen molar-refractivity contribution in [3.63, 3.8) is 0 Å². The molecule has 1 aliphatic heterocycles. The van der Waals surface area contributed by atoms with Crippen LogP contribution in [0, 0.1) is 6.92 Å². The number of aromatic nitrogens is 3. The summed E-state index contributed by atoms with van der Waals surface area (Å²) >= 11 is 0. The second kappa shape index (κ2) is 9.16. The maximum absolute atomic E-state index is 13.0. The molecule has 1 fully saturated rings. The zero-order valence-electron chi connectivity index (χ0n) is 17.8. The standard InChI is InChI=1S/C23H27N5O3/c1-16-25-20-15-24-11-8-21(20)28(16)18-9-12-27(13-10-18)22(29)14-19(26-23(30)31-2)17-6-4-3-5-7-17/h3-8,11,15,18-19H,9-10,12-14H2,1-2H3,(H,26,30). The fraction of sp³-hybridized carbons (Fsp3) is 0.391. The first kappa shape index (κ1) is 20.8. The van der Waals surface area contributed by atoms with Crippen molar-refractivity contribution in [1.29, 1.82) is 0 Å². The van der Waals surface area contributed by atoms with Gasteiger partial charge in [0.2, 0.25) is 5.91 Å². The molecule has 1 N–H and O–H groups in total. The van der Waals surface area contributed by atoms with Gasteiger partial charge in [0.15, 0.2) is 0 Å². The van der Waals surface area contributed by atoms with Crippen LogP contribution in [0.4, 0.5) is 4.79 Å². The Morgan fingerprint density at radius 3 is 2.65 bits per heavy atom. The van der Waals surface area contributed by atoms with E-state index in [4.69, 9.17) is 4.74 Å². The van der Waals surface area contributed by atoms with Gasteiger partial charge >= 0.3 is 6.09 Å². The number of alkyl carbamates (subject to hydrolysis) is 1.